The van der Waals surface area contributed by atoms with Gasteiger partial charge in [0.25, 0.3) is 0 Å². The molecule has 0 radical (unpaired) electrons. The first-order chi connectivity index (χ1) is 12.7. The van der Waals surface area contributed by atoms with E-state index in [0.717, 1.165) is 12.8 Å². The molecule has 2 heterocycles. The van der Waals surface area contributed by atoms with E-state index in [4.69, 9.17) is 17.2 Å². The summed E-state index contributed by atoms with van der Waals surface area (Å²) in [6, 6.07) is 0. The van der Waals surface area contributed by atoms with Crippen LogP contribution in [0.2, 0.25) is 0 Å². The van der Waals surface area contributed by atoms with Gasteiger partial charge in [-0.1, -0.05) is 0 Å². The van der Waals surface area contributed by atoms with E-state index in [1.807, 2.05) is 9.80 Å². The number of nitrogens with two attached hydrogens (primary N) is 3. The van der Waals surface area contributed by atoms with Crippen LogP contribution in [0.1, 0.15) is 32.6 Å². The molecule has 2 unspecified atom stereocenters. The topological polar surface area (TPSA) is 153 Å². The van der Waals surface area contributed by atoms with Crippen LogP contribution in [-0.2, 0) is 19.2 Å². The van der Waals surface area contributed by atoms with Crippen molar-refractivity contribution >= 4 is 23.5 Å². The van der Waals surface area contributed by atoms with Gasteiger partial charge in [0.2, 0.25) is 17.7 Å². The number of nitrogens with zero attached hydrogens (tertiary/aromatic N) is 2. The van der Waals surface area contributed by atoms with Crippen molar-refractivity contribution in [2.75, 3.05) is 39.3 Å². The third-order valence-electron chi connectivity index (χ3n) is 5.95. The van der Waals surface area contributed by atoms with E-state index in [1.165, 1.54) is 6.92 Å². The van der Waals surface area contributed by atoms with Crippen LogP contribution in [0.5, 0.6) is 0 Å². The highest BCUT2D eigenvalue weighted by Crippen LogP contribution is 2.28. The zero-order valence-electron chi connectivity index (χ0n) is 16.0. The molecule has 9 nitrogen and oxygen atoms in total. The molecule has 0 saturated carbocycles. The summed E-state index contributed by atoms with van der Waals surface area (Å²) in [6.45, 7) is 3.86. The molecule has 27 heavy (non-hydrogen) atoms. The lowest BCUT2D eigenvalue weighted by molar-refractivity contribution is -0.143. The summed E-state index contributed by atoms with van der Waals surface area (Å²) in [5.74, 6) is -2.30. The Labute approximate surface area is 159 Å². The Morgan fingerprint density at radius 2 is 1.26 bits per heavy atom. The fourth-order valence-electron chi connectivity index (χ4n) is 4.23. The Hall–Kier alpha value is -2.00. The summed E-state index contributed by atoms with van der Waals surface area (Å²) in [4.78, 5) is 51.9. The molecule has 3 amide bonds. The summed E-state index contributed by atoms with van der Waals surface area (Å²) in [7, 11) is 0. The van der Waals surface area contributed by atoms with Crippen molar-refractivity contribution in [1.29, 1.82) is 0 Å². The number of ketones is 1. The Bertz CT molecular complexity index is 557. The van der Waals surface area contributed by atoms with Crippen molar-refractivity contribution in [2.45, 2.75) is 32.6 Å². The van der Waals surface area contributed by atoms with E-state index in [-0.39, 0.29) is 42.5 Å². The van der Waals surface area contributed by atoms with Crippen LogP contribution in [0.4, 0.5) is 0 Å². The van der Waals surface area contributed by atoms with Gasteiger partial charge >= 0.3 is 0 Å². The SMILES string of the molecule is CC(=O)C(CN1CCCC(C(N)=O)C1)(CN1CCCC(C(N)=O)C1)C(N)=O. The quantitative estimate of drug-likeness (QED) is 0.432. The first kappa shape index (κ1) is 21.3. The van der Waals surface area contributed by atoms with Crippen molar-refractivity contribution in [3.8, 4) is 0 Å². The number of carbonyl (C=O) groups excluding carboxylic acids is 4. The number of hydrogen-bond donors (Lipinski definition) is 3. The second-order valence-corrected chi connectivity index (χ2v) is 7.96. The Balaban J connectivity index is 2.17. The van der Waals surface area contributed by atoms with Crippen molar-refractivity contribution in [1.82, 2.24) is 9.80 Å². The fraction of sp³-hybridized carbons (Fsp3) is 0.778. The highest BCUT2D eigenvalue weighted by molar-refractivity contribution is 6.05. The molecule has 2 atom stereocenters. The third kappa shape index (κ3) is 5.04. The predicted octanol–water partition coefficient (Wildman–Crippen LogP) is -1.56. The summed E-state index contributed by atoms with van der Waals surface area (Å²) in [5, 5.41) is 0. The van der Waals surface area contributed by atoms with Crippen molar-refractivity contribution < 1.29 is 19.2 Å². The van der Waals surface area contributed by atoms with E-state index in [0.29, 0.717) is 39.0 Å². The van der Waals surface area contributed by atoms with Gasteiger partial charge in [-0.3, -0.25) is 19.2 Å². The van der Waals surface area contributed by atoms with Gasteiger partial charge in [0.15, 0.2) is 0 Å². The number of hydrogen-bond acceptors (Lipinski definition) is 6. The average molecular weight is 381 g/mol. The van der Waals surface area contributed by atoms with E-state index in [2.05, 4.69) is 0 Å². The average Bonchev–Trinajstić information content (AvgIpc) is 2.61. The van der Waals surface area contributed by atoms with Crippen LogP contribution >= 0.6 is 0 Å². The highest BCUT2D eigenvalue weighted by Gasteiger charge is 2.46. The normalized spacial score (nSPS) is 26.9. The minimum absolute atomic E-state index is 0.152. The molecule has 0 spiro atoms. The number of piperidine rings is 2. The van der Waals surface area contributed by atoms with Crippen LogP contribution in [-0.4, -0.2) is 72.6 Å². The first-order valence-corrected chi connectivity index (χ1v) is 9.50. The minimum atomic E-state index is -1.39. The number of carbonyl (C=O) groups is 4. The standard InChI is InChI=1S/C18H31N5O4/c1-12(24)18(17(21)27,10-22-6-2-4-13(8-22)15(19)25)11-23-7-3-5-14(9-23)16(20)26/h13-14H,2-11H2,1H3,(H2,19,25)(H2,20,26)(H2,21,27). The van der Waals surface area contributed by atoms with Crippen molar-refractivity contribution in [3.05, 3.63) is 0 Å². The zero-order chi connectivity index (χ0) is 20.2. The molecular weight excluding hydrogens is 350 g/mol. The first-order valence-electron chi connectivity index (χ1n) is 9.50. The second kappa shape index (κ2) is 8.79. The Morgan fingerprint density at radius 3 is 1.56 bits per heavy atom. The lowest BCUT2D eigenvalue weighted by Crippen LogP contribution is -2.59. The lowest BCUT2D eigenvalue weighted by atomic mass is 9.80. The second-order valence-electron chi connectivity index (χ2n) is 7.96. The van der Waals surface area contributed by atoms with Gasteiger partial charge in [0.05, 0.1) is 11.8 Å². The number of Topliss-reactive ketones (excluding diaryl/α,β-unsaturated/α-hetero) is 1. The van der Waals surface area contributed by atoms with Crippen molar-refractivity contribution in [3.63, 3.8) is 0 Å². The molecule has 0 aromatic heterocycles. The molecule has 6 N–H and O–H groups in total. The molecule has 2 saturated heterocycles. The van der Waals surface area contributed by atoms with Crippen LogP contribution in [0, 0.1) is 17.3 Å². The molecule has 0 aliphatic carbocycles. The Kier molecular flexibility index (Phi) is 6.94. The number of likely N-dealkylation sites (tertiary alicyclic amines) is 2. The molecule has 2 aliphatic rings. The van der Waals surface area contributed by atoms with Crippen LogP contribution in [0.15, 0.2) is 0 Å². The zero-order valence-corrected chi connectivity index (χ0v) is 16.0. The number of amides is 3. The minimum Gasteiger partial charge on any atom is -0.369 e. The fourth-order valence-corrected chi connectivity index (χ4v) is 4.23. The third-order valence-corrected chi connectivity index (χ3v) is 5.95. The molecule has 2 fully saturated rings. The van der Waals surface area contributed by atoms with Gasteiger partial charge in [0.1, 0.15) is 11.2 Å². The van der Waals surface area contributed by atoms with E-state index < -0.39 is 11.3 Å². The molecule has 2 rings (SSSR count). The molecular formula is C18H31N5O4. The largest absolute Gasteiger partial charge is 0.369 e. The van der Waals surface area contributed by atoms with Gasteiger partial charge in [-0.05, 0) is 45.7 Å². The molecule has 2 aliphatic heterocycles. The number of primary amides is 3. The summed E-state index contributed by atoms with van der Waals surface area (Å²) in [6.07, 6.45) is 2.96. The van der Waals surface area contributed by atoms with Gasteiger partial charge in [-0.2, -0.15) is 0 Å². The van der Waals surface area contributed by atoms with Gasteiger partial charge in [0, 0.05) is 26.2 Å². The maximum Gasteiger partial charge on any atom is 0.233 e. The van der Waals surface area contributed by atoms with Gasteiger partial charge < -0.3 is 27.0 Å². The maximum atomic E-state index is 12.5. The number of rotatable bonds is 8. The molecule has 9 heteroatoms. The summed E-state index contributed by atoms with van der Waals surface area (Å²) in [5.41, 5.74) is 15.2. The molecule has 152 valence electrons. The van der Waals surface area contributed by atoms with Crippen LogP contribution in [0.3, 0.4) is 0 Å². The van der Waals surface area contributed by atoms with Gasteiger partial charge in [-0.25, -0.2) is 0 Å². The van der Waals surface area contributed by atoms with E-state index in [1.54, 1.807) is 0 Å². The van der Waals surface area contributed by atoms with Gasteiger partial charge in [-0.15, -0.1) is 0 Å². The molecule has 0 bridgehead atoms. The van der Waals surface area contributed by atoms with Crippen LogP contribution in [0.25, 0.3) is 0 Å². The maximum absolute atomic E-state index is 12.5. The van der Waals surface area contributed by atoms with Crippen LogP contribution < -0.4 is 17.2 Å². The molecule has 0 aromatic carbocycles. The Morgan fingerprint density at radius 1 is 0.852 bits per heavy atom. The highest BCUT2D eigenvalue weighted by atomic mass is 16.2. The van der Waals surface area contributed by atoms with Crippen molar-refractivity contribution in [2.24, 2.45) is 34.5 Å². The van der Waals surface area contributed by atoms with E-state index in [9.17, 15) is 19.2 Å². The van der Waals surface area contributed by atoms with E-state index >= 15 is 0 Å². The smallest absolute Gasteiger partial charge is 0.233 e. The molecule has 0 aromatic rings. The summed E-state index contributed by atoms with van der Waals surface area (Å²) >= 11 is 0. The predicted molar refractivity (Wildman–Crippen MR) is 99.0 cm³/mol. The lowest BCUT2D eigenvalue weighted by Gasteiger charge is -2.41. The monoisotopic (exact) mass is 381 g/mol. The summed E-state index contributed by atoms with van der Waals surface area (Å²) < 4.78 is 0.